The second kappa shape index (κ2) is 9.13. The van der Waals surface area contributed by atoms with E-state index >= 15 is 0 Å². The zero-order valence-corrected chi connectivity index (χ0v) is 21.4. The van der Waals surface area contributed by atoms with E-state index in [0.717, 1.165) is 41.1 Å². The van der Waals surface area contributed by atoms with E-state index in [1.165, 1.54) is 24.3 Å². The predicted octanol–water partition coefficient (Wildman–Crippen LogP) is 2.95. The van der Waals surface area contributed by atoms with E-state index in [-0.39, 0.29) is 34.4 Å². The summed E-state index contributed by atoms with van der Waals surface area (Å²) in [4.78, 5) is 13.0. The first-order valence-electron chi connectivity index (χ1n) is 11.0. The molecule has 0 radical (unpaired) electrons. The van der Waals surface area contributed by atoms with Gasteiger partial charge in [0.1, 0.15) is 22.0 Å². The van der Waals surface area contributed by atoms with Crippen LogP contribution in [-0.4, -0.2) is 38.4 Å². The van der Waals surface area contributed by atoms with Crippen LogP contribution in [0.1, 0.15) is 16.7 Å². The largest absolute Gasteiger partial charge is 0.507 e. The molecule has 0 saturated heterocycles. The number of amidine groups is 1. The average molecular weight is 579 g/mol. The summed E-state index contributed by atoms with van der Waals surface area (Å²) in [6.45, 7) is 0. The van der Waals surface area contributed by atoms with Crippen molar-refractivity contribution in [3.8, 4) is 5.75 Å². The van der Waals surface area contributed by atoms with Gasteiger partial charge in [-0.15, -0.1) is 4.40 Å². The number of fused-ring (bicyclic) bond motifs is 2. The van der Waals surface area contributed by atoms with E-state index in [4.69, 9.17) is 0 Å². The molecule has 10 nitrogen and oxygen atoms in total. The Morgan fingerprint density at radius 3 is 2.49 bits per heavy atom. The molecule has 2 aromatic carbocycles. The number of rotatable bonds is 5. The standard InChI is InChI=1S/C24H17F3N4O6S2/c1-38(34,35)29-14-4-6-18-20(10-14)39(36,37)30-23(28-18)21-22(32)15(8-12-2-5-16(26)17(27)9-12)19-7-3-13(25)11-31(19)24(21)33/h2-7,9-11,29,32H,8H2,1H3,(H,28,30). The highest BCUT2D eigenvalue weighted by Crippen LogP contribution is 2.34. The van der Waals surface area contributed by atoms with Crippen LogP contribution in [0.4, 0.5) is 24.5 Å². The first-order chi connectivity index (χ1) is 18.2. The summed E-state index contributed by atoms with van der Waals surface area (Å²) in [5, 5.41) is 13.8. The Morgan fingerprint density at radius 2 is 1.79 bits per heavy atom. The molecule has 0 bridgehead atoms. The Kier molecular flexibility index (Phi) is 6.14. The van der Waals surface area contributed by atoms with Gasteiger partial charge in [-0.2, -0.15) is 8.42 Å². The summed E-state index contributed by atoms with van der Waals surface area (Å²) < 4.78 is 97.1. The molecule has 1 aliphatic heterocycles. The molecule has 0 spiro atoms. The number of halogens is 3. The number of aromatic hydroxyl groups is 1. The van der Waals surface area contributed by atoms with Gasteiger partial charge in [-0.3, -0.25) is 13.9 Å². The normalized spacial score (nSPS) is 14.4. The first kappa shape index (κ1) is 26.2. The maximum Gasteiger partial charge on any atom is 0.286 e. The minimum Gasteiger partial charge on any atom is -0.507 e. The average Bonchev–Trinajstić information content (AvgIpc) is 2.83. The third-order valence-electron chi connectivity index (χ3n) is 5.81. The molecule has 0 saturated carbocycles. The SMILES string of the molecule is CS(=O)(=O)Nc1ccc2c(c1)S(=O)(=O)N=C(c1c(O)c(Cc3ccc(F)c(F)c3)c3ccc(F)cn3c1=O)N2. The van der Waals surface area contributed by atoms with E-state index in [1.54, 1.807) is 0 Å². The molecule has 3 heterocycles. The van der Waals surface area contributed by atoms with Crippen molar-refractivity contribution in [2.45, 2.75) is 11.3 Å². The third kappa shape index (κ3) is 4.93. The molecule has 0 amide bonds. The lowest BCUT2D eigenvalue weighted by Gasteiger charge is -2.21. The van der Waals surface area contributed by atoms with Crippen LogP contribution in [0.15, 0.2) is 68.8 Å². The Balaban J connectivity index is 1.70. The topological polar surface area (TPSA) is 146 Å². The second-order valence-electron chi connectivity index (χ2n) is 8.66. The van der Waals surface area contributed by atoms with Crippen LogP contribution < -0.4 is 15.6 Å². The highest BCUT2D eigenvalue weighted by molar-refractivity contribution is 7.92. The first-order valence-corrected chi connectivity index (χ1v) is 14.3. The predicted molar refractivity (Wildman–Crippen MR) is 137 cm³/mol. The van der Waals surface area contributed by atoms with Crippen LogP contribution in [0.3, 0.4) is 0 Å². The second-order valence-corrected chi connectivity index (χ2v) is 12.0. The van der Waals surface area contributed by atoms with Gasteiger partial charge in [-0.05, 0) is 48.0 Å². The molecule has 1 aliphatic rings. The number of sulfonamides is 2. The van der Waals surface area contributed by atoms with E-state index in [1.807, 2.05) is 0 Å². The number of nitrogens with one attached hydrogen (secondary N) is 2. The van der Waals surface area contributed by atoms with Gasteiger partial charge in [-0.25, -0.2) is 21.6 Å². The van der Waals surface area contributed by atoms with Gasteiger partial charge in [-0.1, -0.05) is 6.07 Å². The Hall–Kier alpha value is -4.37. The number of nitrogens with zero attached hydrogens (tertiary/aromatic N) is 2. The maximum absolute atomic E-state index is 14.1. The fourth-order valence-corrected chi connectivity index (χ4v) is 5.87. The molecule has 39 heavy (non-hydrogen) atoms. The zero-order valence-electron chi connectivity index (χ0n) is 19.7. The summed E-state index contributed by atoms with van der Waals surface area (Å²) in [7, 11) is -8.25. The fourth-order valence-electron chi connectivity index (χ4n) is 4.17. The lowest BCUT2D eigenvalue weighted by atomic mass is 10.00. The Morgan fingerprint density at radius 1 is 1.05 bits per heavy atom. The Labute approximate surface area is 219 Å². The molecule has 0 fully saturated rings. The van der Waals surface area contributed by atoms with Crippen LogP contribution >= 0.6 is 0 Å². The summed E-state index contributed by atoms with van der Waals surface area (Å²) >= 11 is 0. The lowest BCUT2D eigenvalue weighted by molar-refractivity contribution is 0.466. The van der Waals surface area contributed by atoms with Gasteiger partial charge in [0.15, 0.2) is 17.5 Å². The van der Waals surface area contributed by atoms with Gasteiger partial charge in [0.05, 0.1) is 17.5 Å². The third-order valence-corrected chi connectivity index (χ3v) is 7.73. The van der Waals surface area contributed by atoms with Crippen LogP contribution in [-0.2, 0) is 26.5 Å². The van der Waals surface area contributed by atoms with Crippen molar-refractivity contribution in [2.24, 2.45) is 4.40 Å². The number of benzene rings is 2. The fraction of sp³-hybridized carbons (Fsp3) is 0.0833. The highest BCUT2D eigenvalue weighted by atomic mass is 32.2. The smallest absolute Gasteiger partial charge is 0.286 e. The molecule has 5 rings (SSSR count). The van der Waals surface area contributed by atoms with Crippen LogP contribution in [0.5, 0.6) is 5.75 Å². The van der Waals surface area contributed by atoms with Crippen molar-refractivity contribution in [1.29, 1.82) is 0 Å². The number of hydrogen-bond acceptors (Lipinski definition) is 7. The number of anilines is 2. The van der Waals surface area contributed by atoms with Gasteiger partial charge < -0.3 is 10.4 Å². The molecular weight excluding hydrogens is 561 g/mol. The molecule has 3 N–H and O–H groups in total. The quantitative estimate of drug-likeness (QED) is 0.330. The minimum absolute atomic E-state index is 0.0176. The van der Waals surface area contributed by atoms with Crippen molar-refractivity contribution in [2.75, 3.05) is 16.3 Å². The molecule has 4 aromatic rings. The van der Waals surface area contributed by atoms with Gasteiger partial charge in [0.2, 0.25) is 10.0 Å². The maximum atomic E-state index is 14.1. The van der Waals surface area contributed by atoms with E-state index in [0.29, 0.717) is 0 Å². The molecule has 15 heteroatoms. The molecule has 0 atom stereocenters. The van der Waals surface area contributed by atoms with Gasteiger partial charge in [0, 0.05) is 23.9 Å². The monoisotopic (exact) mass is 578 g/mol. The van der Waals surface area contributed by atoms with Crippen LogP contribution in [0.2, 0.25) is 0 Å². The molecule has 0 unspecified atom stereocenters. The molecule has 2 aromatic heterocycles. The van der Waals surface area contributed by atoms with E-state index < -0.39 is 65.1 Å². The van der Waals surface area contributed by atoms with Crippen LogP contribution in [0, 0.1) is 17.5 Å². The molecule has 0 aliphatic carbocycles. The van der Waals surface area contributed by atoms with Crippen LogP contribution in [0.25, 0.3) is 5.52 Å². The number of aromatic nitrogens is 1. The highest BCUT2D eigenvalue weighted by Gasteiger charge is 2.31. The minimum atomic E-state index is -4.53. The van der Waals surface area contributed by atoms with Crippen molar-refractivity contribution in [3.05, 3.63) is 99.2 Å². The molecular formula is C24H17F3N4O6S2. The summed E-state index contributed by atoms with van der Waals surface area (Å²) in [6, 6.07) is 8.77. The summed E-state index contributed by atoms with van der Waals surface area (Å²) in [5.41, 5.74) is -1.57. The van der Waals surface area contributed by atoms with E-state index in [9.17, 15) is 39.9 Å². The molecule has 202 valence electrons. The lowest BCUT2D eigenvalue weighted by Crippen LogP contribution is -2.31. The van der Waals surface area contributed by atoms with Crippen molar-refractivity contribution in [1.82, 2.24) is 4.40 Å². The zero-order chi connectivity index (χ0) is 28.3. The summed E-state index contributed by atoms with van der Waals surface area (Å²) in [5.74, 6) is -4.36. The Bertz CT molecular complexity index is 2010. The van der Waals surface area contributed by atoms with E-state index in [2.05, 4.69) is 14.4 Å². The van der Waals surface area contributed by atoms with Gasteiger partial charge >= 0.3 is 0 Å². The number of hydrogen-bond donors (Lipinski definition) is 3. The van der Waals surface area contributed by atoms with Gasteiger partial charge in [0.25, 0.3) is 15.6 Å². The number of pyridine rings is 2. The van der Waals surface area contributed by atoms with Crippen molar-refractivity contribution < 1.29 is 35.1 Å². The van der Waals surface area contributed by atoms with Crippen molar-refractivity contribution in [3.63, 3.8) is 0 Å². The van der Waals surface area contributed by atoms with Crippen molar-refractivity contribution >= 4 is 42.8 Å². The summed E-state index contributed by atoms with van der Waals surface area (Å²) in [6.07, 6.45) is 1.46.